The Kier molecular flexibility index (Phi) is 11.1. The van der Waals surface area contributed by atoms with E-state index in [1.54, 1.807) is 0 Å². The van der Waals surface area contributed by atoms with Crippen molar-refractivity contribution in [1.29, 1.82) is 0 Å². The smallest absolute Gasteiger partial charge is 0.303 e. The van der Waals surface area contributed by atoms with Crippen LogP contribution in [-0.4, -0.2) is 55.1 Å². The Bertz CT molecular complexity index is 1000. The van der Waals surface area contributed by atoms with E-state index in [1.165, 1.54) is 13.8 Å². The molecule has 1 N–H and O–H groups in total. The summed E-state index contributed by atoms with van der Waals surface area (Å²) in [6, 6.07) is 18.2. The summed E-state index contributed by atoms with van der Waals surface area (Å²) in [6.45, 7) is 4.68. The number of rotatable bonds is 12. The third-order valence-electron chi connectivity index (χ3n) is 5.75. The van der Waals surface area contributed by atoms with E-state index >= 15 is 0 Å². The first-order chi connectivity index (χ1) is 17.9. The number of ether oxygens (including phenoxy) is 5. The van der Waals surface area contributed by atoms with Crippen LogP contribution in [0, 0.1) is 0 Å². The average Bonchev–Trinajstić information content (AvgIpc) is 2.88. The van der Waals surface area contributed by atoms with Crippen molar-refractivity contribution >= 4 is 17.8 Å². The molecule has 9 nitrogen and oxygen atoms in total. The number of amides is 1. The number of hydrogen-bond acceptors (Lipinski definition) is 8. The van der Waals surface area contributed by atoms with Crippen molar-refractivity contribution in [3.05, 3.63) is 71.8 Å². The Labute approximate surface area is 217 Å². The van der Waals surface area contributed by atoms with Gasteiger partial charge in [0.15, 0.2) is 12.4 Å². The molecular formula is C28H35NO8. The topological polar surface area (TPSA) is 109 Å². The van der Waals surface area contributed by atoms with Crippen LogP contribution in [0.4, 0.5) is 0 Å². The van der Waals surface area contributed by atoms with Crippen molar-refractivity contribution in [3.63, 3.8) is 0 Å². The van der Waals surface area contributed by atoms with Crippen LogP contribution in [0.15, 0.2) is 60.7 Å². The maximum atomic E-state index is 12.7. The summed E-state index contributed by atoms with van der Waals surface area (Å²) in [4.78, 5) is 36.4. The zero-order valence-corrected chi connectivity index (χ0v) is 21.5. The van der Waals surface area contributed by atoms with Gasteiger partial charge in [-0.2, -0.15) is 0 Å². The Morgan fingerprint density at radius 1 is 0.838 bits per heavy atom. The van der Waals surface area contributed by atoms with Gasteiger partial charge in [0.1, 0.15) is 24.9 Å². The average molecular weight is 514 g/mol. The lowest BCUT2D eigenvalue weighted by Crippen LogP contribution is -2.66. The minimum Gasteiger partial charge on any atom is -0.463 e. The molecule has 0 bridgehead atoms. The molecule has 1 fully saturated rings. The van der Waals surface area contributed by atoms with Gasteiger partial charge in [-0.3, -0.25) is 14.4 Å². The van der Waals surface area contributed by atoms with Gasteiger partial charge in [0.05, 0.1) is 13.2 Å². The van der Waals surface area contributed by atoms with Gasteiger partial charge in [-0.15, -0.1) is 0 Å². The molecule has 9 heteroatoms. The predicted molar refractivity (Wildman–Crippen MR) is 134 cm³/mol. The zero-order chi connectivity index (χ0) is 26.6. The zero-order valence-electron chi connectivity index (χ0n) is 21.5. The fraction of sp³-hybridized carbons (Fsp3) is 0.464. The highest BCUT2D eigenvalue weighted by molar-refractivity contribution is 5.76. The third-order valence-corrected chi connectivity index (χ3v) is 5.75. The lowest BCUT2D eigenvalue weighted by Gasteiger charge is -2.45. The first-order valence-electron chi connectivity index (χ1n) is 12.4. The van der Waals surface area contributed by atoms with Gasteiger partial charge in [-0.1, -0.05) is 67.6 Å². The highest BCUT2D eigenvalue weighted by Crippen LogP contribution is 2.29. The number of esters is 2. The largest absolute Gasteiger partial charge is 0.463 e. The van der Waals surface area contributed by atoms with Gasteiger partial charge in [0, 0.05) is 20.3 Å². The number of carbonyl (C=O) groups is 3. The molecule has 37 heavy (non-hydrogen) atoms. The van der Waals surface area contributed by atoms with E-state index < -0.39 is 42.6 Å². The minimum absolute atomic E-state index is 0.181. The van der Waals surface area contributed by atoms with E-state index in [0.29, 0.717) is 12.8 Å². The van der Waals surface area contributed by atoms with Crippen LogP contribution in [0.3, 0.4) is 0 Å². The molecule has 1 heterocycles. The van der Waals surface area contributed by atoms with Crippen molar-refractivity contribution in [2.24, 2.45) is 0 Å². The Morgan fingerprint density at radius 2 is 1.43 bits per heavy atom. The van der Waals surface area contributed by atoms with E-state index in [0.717, 1.165) is 11.1 Å². The summed E-state index contributed by atoms with van der Waals surface area (Å²) >= 11 is 0. The molecule has 5 atom stereocenters. The third kappa shape index (κ3) is 8.96. The van der Waals surface area contributed by atoms with Crippen molar-refractivity contribution in [1.82, 2.24) is 5.32 Å². The maximum absolute atomic E-state index is 12.7. The number of carbonyl (C=O) groups excluding carboxylic acids is 3. The second-order valence-corrected chi connectivity index (χ2v) is 8.82. The van der Waals surface area contributed by atoms with E-state index in [1.807, 2.05) is 67.6 Å². The molecule has 1 amide bonds. The van der Waals surface area contributed by atoms with Gasteiger partial charge in [-0.25, -0.2) is 0 Å². The van der Waals surface area contributed by atoms with Crippen molar-refractivity contribution in [3.8, 4) is 0 Å². The monoisotopic (exact) mass is 513 g/mol. The Balaban J connectivity index is 1.93. The molecule has 3 rings (SSSR count). The van der Waals surface area contributed by atoms with E-state index in [9.17, 15) is 14.4 Å². The molecule has 200 valence electrons. The summed E-state index contributed by atoms with van der Waals surface area (Å²) in [7, 11) is 0. The summed E-state index contributed by atoms with van der Waals surface area (Å²) < 4.78 is 29.5. The number of hydrogen-bond donors (Lipinski definition) is 1. The molecule has 0 radical (unpaired) electrons. The van der Waals surface area contributed by atoms with Crippen LogP contribution in [0.25, 0.3) is 0 Å². The molecule has 1 aliphatic heterocycles. The Hall–Kier alpha value is -3.27. The second-order valence-electron chi connectivity index (χ2n) is 8.82. The standard InChI is InChI=1S/C28H35NO8/c1-4-11-24(32)29-25-27(34-16-21-12-7-5-8-13-21)26(36-20(3)31)23(18-33-19(2)30)37-28(25)35-17-22-14-9-6-10-15-22/h5-10,12-15,23,25-28H,4,11,16-18H2,1-3H3,(H,29,32)/t23-,25-,26-,27-,28?/m1/s1. The van der Waals surface area contributed by atoms with Crippen molar-refractivity contribution in [2.75, 3.05) is 6.61 Å². The van der Waals surface area contributed by atoms with Gasteiger partial charge in [-0.05, 0) is 17.5 Å². The lowest BCUT2D eigenvalue weighted by atomic mass is 9.95. The second kappa shape index (κ2) is 14.5. The van der Waals surface area contributed by atoms with E-state index in [4.69, 9.17) is 23.7 Å². The molecule has 0 spiro atoms. The fourth-order valence-corrected chi connectivity index (χ4v) is 4.07. The van der Waals surface area contributed by atoms with Gasteiger partial charge < -0.3 is 29.0 Å². The lowest BCUT2D eigenvalue weighted by molar-refractivity contribution is -0.285. The van der Waals surface area contributed by atoms with Gasteiger partial charge in [0.25, 0.3) is 0 Å². The summed E-state index contributed by atoms with van der Waals surface area (Å²) in [6.07, 6.45) is -2.72. The van der Waals surface area contributed by atoms with Gasteiger partial charge in [0.2, 0.25) is 5.91 Å². The molecule has 1 aliphatic rings. The Morgan fingerprint density at radius 3 is 1.97 bits per heavy atom. The van der Waals surface area contributed by atoms with Crippen LogP contribution < -0.4 is 5.32 Å². The first-order valence-corrected chi connectivity index (χ1v) is 12.4. The maximum Gasteiger partial charge on any atom is 0.303 e. The van der Waals surface area contributed by atoms with Crippen molar-refractivity contribution in [2.45, 2.75) is 77.5 Å². The molecule has 0 saturated carbocycles. The summed E-state index contributed by atoms with van der Waals surface area (Å²) in [5, 5.41) is 2.97. The van der Waals surface area contributed by atoms with Gasteiger partial charge >= 0.3 is 11.9 Å². The highest BCUT2D eigenvalue weighted by Gasteiger charge is 2.50. The first kappa shape index (κ1) is 28.3. The summed E-state index contributed by atoms with van der Waals surface area (Å²) in [5.74, 6) is -1.28. The molecule has 2 aromatic rings. The fourth-order valence-electron chi connectivity index (χ4n) is 4.07. The minimum atomic E-state index is -0.968. The summed E-state index contributed by atoms with van der Waals surface area (Å²) in [5.41, 5.74) is 1.80. The van der Waals surface area contributed by atoms with E-state index in [2.05, 4.69) is 5.32 Å². The predicted octanol–water partition coefficient (Wildman–Crippen LogP) is 3.29. The van der Waals surface area contributed by atoms with Crippen LogP contribution in [0.1, 0.15) is 44.7 Å². The molecule has 1 saturated heterocycles. The van der Waals surface area contributed by atoms with Crippen LogP contribution in [0.2, 0.25) is 0 Å². The van der Waals surface area contributed by atoms with E-state index in [-0.39, 0.29) is 25.7 Å². The normalized spacial score (nSPS) is 23.2. The molecular weight excluding hydrogens is 478 g/mol. The quantitative estimate of drug-likeness (QED) is 0.431. The molecule has 1 unspecified atom stereocenters. The number of benzene rings is 2. The molecule has 0 aromatic heterocycles. The highest BCUT2D eigenvalue weighted by atomic mass is 16.7. The van der Waals surface area contributed by atoms with Crippen molar-refractivity contribution < 1.29 is 38.1 Å². The molecule has 2 aromatic carbocycles. The van der Waals surface area contributed by atoms with Crippen LogP contribution >= 0.6 is 0 Å². The van der Waals surface area contributed by atoms with Crippen LogP contribution in [0.5, 0.6) is 0 Å². The van der Waals surface area contributed by atoms with Crippen LogP contribution in [-0.2, 0) is 51.3 Å². The SMILES string of the molecule is CCCC(=O)N[C@H]1C(OCc2ccccc2)O[C@H](COC(C)=O)[C@@H](OC(C)=O)[C@@H]1OCc1ccccc1. The number of nitrogens with one attached hydrogen (secondary N) is 1. The molecule has 0 aliphatic carbocycles.